The molecule has 2 aromatic heterocycles. The summed E-state index contributed by atoms with van der Waals surface area (Å²) in [4.78, 5) is 11.8. The van der Waals surface area contributed by atoms with Gasteiger partial charge in [0, 0.05) is 0 Å². The fraction of sp³-hybridized carbons (Fsp3) is 0.200. The summed E-state index contributed by atoms with van der Waals surface area (Å²) in [5.41, 5.74) is -0.281. The Labute approximate surface area is 124 Å². The molecule has 0 fully saturated rings. The molecule has 0 atom stereocenters. The summed E-state index contributed by atoms with van der Waals surface area (Å²) in [6.07, 6.45) is 1.04. The molecule has 2 rings (SSSR count). The third-order valence-electron chi connectivity index (χ3n) is 2.32. The van der Waals surface area contributed by atoms with Crippen LogP contribution in [0.25, 0.3) is 5.82 Å². The SMILES string of the molecule is CCOC(=O)c1cnn(-c2ccc(Cl)nn2)c1S(N)(=O)=O. The zero-order valence-corrected chi connectivity index (χ0v) is 12.3. The third-order valence-corrected chi connectivity index (χ3v) is 3.46. The number of nitrogens with zero attached hydrogens (tertiary/aromatic N) is 4. The molecule has 0 unspecified atom stereocenters. The number of aromatic nitrogens is 4. The number of nitrogens with two attached hydrogens (primary N) is 1. The minimum absolute atomic E-state index is 0.0407. The summed E-state index contributed by atoms with van der Waals surface area (Å²) in [6, 6.07) is 2.77. The highest BCUT2D eigenvalue weighted by Crippen LogP contribution is 2.19. The molecule has 2 N–H and O–H groups in total. The Bertz CT molecular complexity index is 771. The van der Waals surface area contributed by atoms with Crippen LogP contribution in [0.4, 0.5) is 0 Å². The van der Waals surface area contributed by atoms with Crippen LogP contribution in [0.3, 0.4) is 0 Å². The molecule has 112 valence electrons. The Morgan fingerprint density at radius 2 is 2.14 bits per heavy atom. The quantitative estimate of drug-likeness (QED) is 0.788. The van der Waals surface area contributed by atoms with Crippen molar-refractivity contribution in [3.05, 3.63) is 29.0 Å². The molecular weight excluding hydrogens is 322 g/mol. The number of rotatable bonds is 4. The molecule has 0 aliphatic heterocycles. The molecule has 0 aromatic carbocycles. The minimum Gasteiger partial charge on any atom is -0.462 e. The fourth-order valence-corrected chi connectivity index (χ4v) is 2.47. The molecule has 2 aromatic rings. The van der Waals surface area contributed by atoms with Gasteiger partial charge in [-0.15, -0.1) is 10.2 Å². The zero-order chi connectivity index (χ0) is 15.6. The van der Waals surface area contributed by atoms with E-state index in [1.54, 1.807) is 6.92 Å². The maximum Gasteiger partial charge on any atom is 0.342 e. The van der Waals surface area contributed by atoms with Crippen LogP contribution in [0.2, 0.25) is 5.15 Å². The Morgan fingerprint density at radius 1 is 1.43 bits per heavy atom. The third kappa shape index (κ3) is 3.17. The van der Waals surface area contributed by atoms with E-state index in [2.05, 4.69) is 15.3 Å². The maximum atomic E-state index is 11.8. The standard InChI is InChI=1S/C10H10ClN5O4S/c1-2-20-10(17)6-5-13-16(9(6)21(12,18)19)8-4-3-7(11)14-15-8/h3-5H,2H2,1H3,(H2,12,18,19). The number of hydrogen-bond donors (Lipinski definition) is 1. The van der Waals surface area contributed by atoms with E-state index in [1.165, 1.54) is 12.1 Å². The molecule has 0 saturated heterocycles. The van der Waals surface area contributed by atoms with E-state index in [1.807, 2.05) is 0 Å². The van der Waals surface area contributed by atoms with Crippen LogP contribution in [0.1, 0.15) is 17.3 Å². The summed E-state index contributed by atoms with van der Waals surface area (Å²) >= 11 is 5.61. The van der Waals surface area contributed by atoms with Crippen molar-refractivity contribution >= 4 is 27.6 Å². The number of primary sulfonamides is 1. The summed E-state index contributed by atoms with van der Waals surface area (Å²) < 4.78 is 29.1. The van der Waals surface area contributed by atoms with Crippen LogP contribution >= 0.6 is 11.6 Å². The van der Waals surface area contributed by atoms with E-state index >= 15 is 0 Å². The zero-order valence-electron chi connectivity index (χ0n) is 10.7. The Morgan fingerprint density at radius 3 is 2.67 bits per heavy atom. The van der Waals surface area contributed by atoms with Gasteiger partial charge in [0.05, 0.1) is 12.8 Å². The first-order chi connectivity index (χ1) is 9.84. The van der Waals surface area contributed by atoms with E-state index in [-0.39, 0.29) is 23.1 Å². The summed E-state index contributed by atoms with van der Waals surface area (Å²) in [7, 11) is -4.24. The summed E-state index contributed by atoms with van der Waals surface area (Å²) in [5, 5.41) is 15.8. The highest BCUT2D eigenvalue weighted by molar-refractivity contribution is 7.89. The minimum atomic E-state index is -4.24. The molecule has 21 heavy (non-hydrogen) atoms. The second-order valence-electron chi connectivity index (χ2n) is 3.75. The molecule has 0 amide bonds. The average molecular weight is 332 g/mol. The van der Waals surface area contributed by atoms with Gasteiger partial charge in [-0.1, -0.05) is 11.6 Å². The van der Waals surface area contributed by atoms with E-state index in [0.29, 0.717) is 0 Å². The first-order valence-electron chi connectivity index (χ1n) is 5.62. The Hall–Kier alpha value is -2.04. The molecular formula is C10H10ClN5O4S. The number of hydrogen-bond acceptors (Lipinski definition) is 7. The van der Waals surface area contributed by atoms with Crippen LogP contribution < -0.4 is 5.14 Å². The highest BCUT2D eigenvalue weighted by Gasteiger charge is 2.28. The van der Waals surface area contributed by atoms with Gasteiger partial charge in [-0.25, -0.2) is 18.4 Å². The second kappa shape index (κ2) is 5.76. The van der Waals surface area contributed by atoms with E-state index < -0.39 is 21.0 Å². The van der Waals surface area contributed by atoms with Crippen molar-refractivity contribution in [3.8, 4) is 5.82 Å². The molecule has 0 radical (unpaired) electrons. The molecule has 0 aliphatic carbocycles. The number of sulfonamides is 1. The van der Waals surface area contributed by atoms with Crippen molar-refractivity contribution in [1.29, 1.82) is 0 Å². The van der Waals surface area contributed by atoms with Crippen molar-refractivity contribution < 1.29 is 17.9 Å². The van der Waals surface area contributed by atoms with Crippen LogP contribution in [0.5, 0.6) is 0 Å². The topological polar surface area (TPSA) is 130 Å². The Balaban J connectivity index is 2.63. The average Bonchev–Trinajstić information content (AvgIpc) is 2.84. The summed E-state index contributed by atoms with van der Waals surface area (Å²) in [6.45, 7) is 1.67. The van der Waals surface area contributed by atoms with Gasteiger partial charge in [0.1, 0.15) is 5.56 Å². The van der Waals surface area contributed by atoms with Crippen LogP contribution in [-0.2, 0) is 14.8 Å². The molecule has 2 heterocycles. The van der Waals surface area contributed by atoms with Gasteiger partial charge in [-0.2, -0.15) is 9.78 Å². The van der Waals surface area contributed by atoms with Crippen LogP contribution in [0.15, 0.2) is 23.4 Å². The first kappa shape index (κ1) is 15.4. The molecule has 11 heteroatoms. The normalized spacial score (nSPS) is 11.4. The number of carbonyl (C=O) groups is 1. The van der Waals surface area contributed by atoms with Crippen LogP contribution in [-0.4, -0.2) is 41.0 Å². The highest BCUT2D eigenvalue weighted by atomic mass is 35.5. The number of carbonyl (C=O) groups excluding carboxylic acids is 1. The molecule has 0 bridgehead atoms. The van der Waals surface area contributed by atoms with Gasteiger partial charge in [0.25, 0.3) is 10.0 Å². The van der Waals surface area contributed by atoms with Gasteiger partial charge in [0.15, 0.2) is 16.0 Å². The second-order valence-corrected chi connectivity index (χ2v) is 5.62. The molecule has 9 nitrogen and oxygen atoms in total. The lowest BCUT2D eigenvalue weighted by Gasteiger charge is -2.06. The van der Waals surface area contributed by atoms with Gasteiger partial charge < -0.3 is 4.74 Å². The monoisotopic (exact) mass is 331 g/mol. The predicted octanol–water partition coefficient (Wildman–Crippen LogP) is 0.140. The van der Waals surface area contributed by atoms with Gasteiger partial charge in [0.2, 0.25) is 0 Å². The van der Waals surface area contributed by atoms with Crippen molar-refractivity contribution in [2.45, 2.75) is 11.9 Å². The number of halogens is 1. The molecule has 0 aliphatic rings. The lowest BCUT2D eigenvalue weighted by atomic mass is 10.4. The fourth-order valence-electron chi connectivity index (χ4n) is 1.54. The van der Waals surface area contributed by atoms with Crippen molar-refractivity contribution in [2.24, 2.45) is 5.14 Å². The smallest absolute Gasteiger partial charge is 0.342 e. The van der Waals surface area contributed by atoms with Crippen molar-refractivity contribution in [1.82, 2.24) is 20.0 Å². The van der Waals surface area contributed by atoms with E-state index in [0.717, 1.165) is 10.9 Å². The molecule has 0 saturated carbocycles. The van der Waals surface area contributed by atoms with Crippen molar-refractivity contribution in [2.75, 3.05) is 6.61 Å². The van der Waals surface area contributed by atoms with Gasteiger partial charge in [-0.3, -0.25) is 0 Å². The predicted molar refractivity (Wildman–Crippen MR) is 71.5 cm³/mol. The summed E-state index contributed by atoms with van der Waals surface area (Å²) in [5.74, 6) is -0.811. The lowest BCUT2D eigenvalue weighted by Crippen LogP contribution is -2.21. The van der Waals surface area contributed by atoms with Crippen LogP contribution in [0, 0.1) is 0 Å². The number of ether oxygens (including phenoxy) is 1. The van der Waals surface area contributed by atoms with E-state index in [9.17, 15) is 13.2 Å². The maximum absolute atomic E-state index is 11.8. The van der Waals surface area contributed by atoms with Gasteiger partial charge >= 0.3 is 5.97 Å². The lowest BCUT2D eigenvalue weighted by molar-refractivity contribution is 0.0521. The van der Waals surface area contributed by atoms with E-state index in [4.69, 9.17) is 21.5 Å². The van der Waals surface area contributed by atoms with Gasteiger partial charge in [-0.05, 0) is 19.1 Å². The largest absolute Gasteiger partial charge is 0.462 e. The molecule has 0 spiro atoms. The number of esters is 1. The Kier molecular flexibility index (Phi) is 4.21. The first-order valence-corrected chi connectivity index (χ1v) is 7.54. The van der Waals surface area contributed by atoms with Crippen molar-refractivity contribution in [3.63, 3.8) is 0 Å².